The van der Waals surface area contributed by atoms with Crippen molar-refractivity contribution in [1.82, 2.24) is 0 Å². The van der Waals surface area contributed by atoms with Gasteiger partial charge in [-0.15, -0.1) is 0 Å². The minimum absolute atomic E-state index is 0.102. The number of phosphoric acid groups is 1. The van der Waals surface area contributed by atoms with Crippen LogP contribution in [-0.4, -0.2) is 98.3 Å². The van der Waals surface area contributed by atoms with Crippen molar-refractivity contribution in [2.75, 3.05) is 13.2 Å². The Bertz CT molecular complexity index is 1140. The second kappa shape index (κ2) is 38.8. The maximum atomic E-state index is 12.8. The molecule has 13 nitrogen and oxygen atoms in total. The van der Waals surface area contributed by atoms with Gasteiger partial charge in [-0.3, -0.25) is 18.6 Å². The third-order valence-electron chi connectivity index (χ3n) is 11.9. The number of phosphoric ester groups is 1. The van der Waals surface area contributed by atoms with Gasteiger partial charge in [-0.1, -0.05) is 187 Å². The van der Waals surface area contributed by atoms with E-state index in [1.54, 1.807) is 0 Å². The lowest BCUT2D eigenvalue weighted by Crippen LogP contribution is -2.64. The summed E-state index contributed by atoms with van der Waals surface area (Å²) in [4.78, 5) is 35.8. The van der Waals surface area contributed by atoms with Crippen LogP contribution in [0.4, 0.5) is 0 Å². The minimum atomic E-state index is -5.12. The molecule has 8 atom stereocenters. The zero-order chi connectivity index (χ0) is 45.7. The number of aliphatic hydroxyl groups is 5. The first kappa shape index (κ1) is 58.6. The third kappa shape index (κ3) is 30.7. The molecule has 1 rings (SSSR count). The Labute approximate surface area is 375 Å². The fraction of sp³-hybridized carbons (Fsp3) is 0.917. The summed E-state index contributed by atoms with van der Waals surface area (Å²) in [7, 11) is -5.12. The number of hydrogen-bond donors (Lipinski definition) is 6. The SMILES string of the molecule is CCCCCCCC/C=C/CCCCCCCCCC(=O)OC[C@@H](COP(=O)(O)OC1C(O)C(O)C(O)[C@H](O)C1O)OC(=O)CCCCCCCCCCCCCCCCCC. The van der Waals surface area contributed by atoms with Gasteiger partial charge in [-0.05, 0) is 38.5 Å². The van der Waals surface area contributed by atoms with Gasteiger partial charge in [0.05, 0.1) is 6.61 Å². The van der Waals surface area contributed by atoms with Crippen molar-refractivity contribution >= 4 is 19.8 Å². The Kier molecular flexibility index (Phi) is 36.7. The molecule has 0 amide bonds. The monoisotopic (exact) mass is 907 g/mol. The van der Waals surface area contributed by atoms with Gasteiger partial charge in [0.2, 0.25) is 0 Å². The number of allylic oxidation sites excluding steroid dienone is 2. The van der Waals surface area contributed by atoms with E-state index < -0.39 is 75.7 Å². The fourth-order valence-electron chi connectivity index (χ4n) is 7.81. The van der Waals surface area contributed by atoms with Crippen LogP contribution in [-0.2, 0) is 32.7 Å². The van der Waals surface area contributed by atoms with Gasteiger partial charge < -0.3 is 39.9 Å². The number of rotatable bonds is 42. The van der Waals surface area contributed by atoms with E-state index in [0.29, 0.717) is 12.8 Å². The molecule has 0 aromatic heterocycles. The van der Waals surface area contributed by atoms with E-state index in [4.69, 9.17) is 18.5 Å². The van der Waals surface area contributed by atoms with Crippen molar-refractivity contribution in [3.63, 3.8) is 0 Å². The van der Waals surface area contributed by atoms with Gasteiger partial charge in [0, 0.05) is 12.8 Å². The summed E-state index contributed by atoms with van der Waals surface area (Å²) in [6.07, 6.45) is 28.3. The quantitative estimate of drug-likeness (QED) is 0.0146. The van der Waals surface area contributed by atoms with Crippen LogP contribution in [0.1, 0.15) is 226 Å². The Balaban J connectivity index is 2.41. The first-order valence-electron chi connectivity index (χ1n) is 25.0. The fourth-order valence-corrected chi connectivity index (χ4v) is 8.79. The molecule has 1 fully saturated rings. The van der Waals surface area contributed by atoms with Crippen molar-refractivity contribution in [1.29, 1.82) is 0 Å². The van der Waals surface area contributed by atoms with Crippen LogP contribution in [0.2, 0.25) is 0 Å². The van der Waals surface area contributed by atoms with E-state index in [1.807, 2.05) is 0 Å². The van der Waals surface area contributed by atoms with E-state index >= 15 is 0 Å². The molecular formula is C48H91O13P. The standard InChI is InChI=1S/C48H91O13P/c1-3-5-7-9-11-13-15-17-19-21-23-24-26-28-30-32-34-36-41(49)58-38-40(39-59-62(56,57)61-48-46(54)44(52)43(51)45(53)47(48)55)60-42(50)37-35-33-31-29-27-25-22-20-18-16-14-12-10-8-6-4-2/h17,19,40,43-48,51-55H,3-16,18,20-39H2,1-2H3,(H,56,57)/b19-17+/t40-,43?,44-,45?,46?,47?,48?/m0/s1. The van der Waals surface area contributed by atoms with Crippen molar-refractivity contribution in [2.24, 2.45) is 0 Å². The molecule has 6 unspecified atom stereocenters. The summed E-state index contributed by atoms with van der Waals surface area (Å²) in [6.45, 7) is 3.32. The van der Waals surface area contributed by atoms with Gasteiger partial charge in [0.25, 0.3) is 0 Å². The van der Waals surface area contributed by atoms with Crippen molar-refractivity contribution in [2.45, 2.75) is 268 Å². The van der Waals surface area contributed by atoms with Gasteiger partial charge in [-0.25, -0.2) is 4.57 Å². The van der Waals surface area contributed by atoms with E-state index in [2.05, 4.69) is 26.0 Å². The van der Waals surface area contributed by atoms with Crippen LogP contribution < -0.4 is 0 Å². The zero-order valence-corrected chi connectivity index (χ0v) is 39.8. The van der Waals surface area contributed by atoms with E-state index in [9.17, 15) is 44.6 Å². The van der Waals surface area contributed by atoms with Crippen LogP contribution in [0.5, 0.6) is 0 Å². The largest absolute Gasteiger partial charge is 0.472 e. The highest BCUT2D eigenvalue weighted by Gasteiger charge is 2.51. The summed E-state index contributed by atoms with van der Waals surface area (Å²) >= 11 is 0. The van der Waals surface area contributed by atoms with Gasteiger partial charge in [0.1, 0.15) is 43.2 Å². The van der Waals surface area contributed by atoms with E-state index in [1.165, 1.54) is 135 Å². The van der Waals surface area contributed by atoms with Crippen molar-refractivity contribution < 1.29 is 63.1 Å². The first-order chi connectivity index (χ1) is 29.9. The molecule has 0 aromatic rings. The Morgan fingerprint density at radius 3 is 1.23 bits per heavy atom. The Morgan fingerprint density at radius 2 is 0.823 bits per heavy atom. The van der Waals surface area contributed by atoms with Crippen LogP contribution in [0.3, 0.4) is 0 Å². The summed E-state index contributed by atoms with van der Waals surface area (Å²) in [5, 5.41) is 50.2. The maximum Gasteiger partial charge on any atom is 0.472 e. The molecule has 0 bridgehead atoms. The molecule has 6 N–H and O–H groups in total. The molecular weight excluding hydrogens is 815 g/mol. The molecule has 366 valence electrons. The zero-order valence-electron chi connectivity index (χ0n) is 38.9. The lowest BCUT2D eigenvalue weighted by Gasteiger charge is -2.41. The molecule has 0 heterocycles. The highest BCUT2D eigenvalue weighted by molar-refractivity contribution is 7.47. The van der Waals surface area contributed by atoms with Crippen molar-refractivity contribution in [3.8, 4) is 0 Å². The van der Waals surface area contributed by atoms with Crippen molar-refractivity contribution in [3.05, 3.63) is 12.2 Å². The summed E-state index contributed by atoms with van der Waals surface area (Å²) < 4.78 is 33.6. The highest BCUT2D eigenvalue weighted by Crippen LogP contribution is 2.47. The lowest BCUT2D eigenvalue weighted by molar-refractivity contribution is -0.220. The molecule has 0 spiro atoms. The Hall–Kier alpha value is -1.41. The third-order valence-corrected chi connectivity index (χ3v) is 12.8. The summed E-state index contributed by atoms with van der Waals surface area (Å²) in [6, 6.07) is 0. The average molecular weight is 907 g/mol. The number of ether oxygens (including phenoxy) is 2. The predicted octanol–water partition coefficient (Wildman–Crippen LogP) is 10.2. The van der Waals surface area contributed by atoms with Crippen LogP contribution >= 0.6 is 7.82 Å². The molecule has 0 aromatic carbocycles. The molecule has 62 heavy (non-hydrogen) atoms. The van der Waals surface area contributed by atoms with E-state index in [-0.39, 0.29) is 12.8 Å². The molecule has 1 aliphatic rings. The number of carbonyl (C=O) groups is 2. The molecule has 0 saturated heterocycles. The van der Waals surface area contributed by atoms with E-state index in [0.717, 1.165) is 51.4 Å². The summed E-state index contributed by atoms with van der Waals surface area (Å²) in [5.41, 5.74) is 0. The molecule has 0 aliphatic heterocycles. The number of unbranched alkanes of at least 4 members (excludes halogenated alkanes) is 28. The lowest BCUT2D eigenvalue weighted by atomic mass is 9.85. The second-order valence-corrected chi connectivity index (χ2v) is 19.1. The number of carbonyl (C=O) groups excluding carboxylic acids is 2. The van der Waals surface area contributed by atoms with Gasteiger partial charge in [0.15, 0.2) is 6.10 Å². The first-order valence-corrected chi connectivity index (χ1v) is 26.5. The Morgan fingerprint density at radius 1 is 0.484 bits per heavy atom. The maximum absolute atomic E-state index is 12.8. The molecule has 14 heteroatoms. The highest BCUT2D eigenvalue weighted by atomic mass is 31.2. The van der Waals surface area contributed by atoms with Crippen LogP contribution in [0.15, 0.2) is 12.2 Å². The summed E-state index contributed by atoms with van der Waals surface area (Å²) in [5.74, 6) is -1.09. The molecule has 0 radical (unpaired) electrons. The van der Waals surface area contributed by atoms with Crippen LogP contribution in [0, 0.1) is 0 Å². The number of aliphatic hydroxyl groups excluding tert-OH is 5. The number of esters is 2. The normalized spacial score (nSPS) is 21.9. The number of hydrogen-bond acceptors (Lipinski definition) is 12. The van der Waals surface area contributed by atoms with Gasteiger partial charge in [-0.2, -0.15) is 0 Å². The van der Waals surface area contributed by atoms with Gasteiger partial charge >= 0.3 is 19.8 Å². The predicted molar refractivity (Wildman–Crippen MR) is 244 cm³/mol. The smallest absolute Gasteiger partial charge is 0.462 e. The average Bonchev–Trinajstić information content (AvgIpc) is 3.25. The topological polar surface area (TPSA) is 210 Å². The van der Waals surface area contributed by atoms with Crippen LogP contribution in [0.25, 0.3) is 0 Å². The second-order valence-electron chi connectivity index (χ2n) is 17.7. The minimum Gasteiger partial charge on any atom is -0.462 e. The molecule has 1 saturated carbocycles. The molecule has 1 aliphatic carbocycles.